The summed E-state index contributed by atoms with van der Waals surface area (Å²) in [5, 5.41) is 17.8. The lowest BCUT2D eigenvalue weighted by atomic mass is 9.91. The van der Waals surface area contributed by atoms with E-state index < -0.39 is 5.60 Å². The number of oxazole rings is 1. The van der Waals surface area contributed by atoms with Crippen molar-refractivity contribution >= 4 is 35.0 Å². The lowest BCUT2D eigenvalue weighted by molar-refractivity contribution is -0.122. The molecule has 0 aliphatic carbocycles. The van der Waals surface area contributed by atoms with Crippen LogP contribution in [0, 0.1) is 25.2 Å². The van der Waals surface area contributed by atoms with Crippen molar-refractivity contribution in [3.8, 4) is 39.2 Å². The molecule has 1 N–H and O–H groups in total. The van der Waals surface area contributed by atoms with E-state index in [9.17, 15) is 10.1 Å². The molecular formula is C39H41N5O5S. The second-order valence-corrected chi connectivity index (χ2v) is 14.8. The number of hydrogen-bond donors (Lipinski definition) is 1. The zero-order chi connectivity index (χ0) is 35.6. The Balaban J connectivity index is 0.00000139. The summed E-state index contributed by atoms with van der Waals surface area (Å²) in [6.07, 6.45) is 2.87. The van der Waals surface area contributed by atoms with Crippen LogP contribution in [-0.2, 0) is 29.0 Å². The van der Waals surface area contributed by atoms with Crippen molar-refractivity contribution in [1.82, 2.24) is 19.8 Å². The maximum Gasteiger partial charge on any atom is 0.410 e. The van der Waals surface area contributed by atoms with Crippen LogP contribution in [0.1, 0.15) is 66.4 Å². The van der Waals surface area contributed by atoms with Gasteiger partial charge in [-0.15, -0.1) is 11.3 Å². The third-order valence-corrected chi connectivity index (χ3v) is 10.2. The molecule has 4 heterocycles. The van der Waals surface area contributed by atoms with Crippen molar-refractivity contribution in [3.05, 3.63) is 81.4 Å². The van der Waals surface area contributed by atoms with Crippen LogP contribution in [-0.4, -0.2) is 62.7 Å². The van der Waals surface area contributed by atoms with Crippen molar-refractivity contribution in [1.29, 1.82) is 5.26 Å². The molecule has 0 radical (unpaired) electrons. The van der Waals surface area contributed by atoms with Crippen LogP contribution in [0.2, 0.25) is 0 Å². The summed E-state index contributed by atoms with van der Waals surface area (Å²) in [4.78, 5) is 36.3. The molecule has 258 valence electrons. The van der Waals surface area contributed by atoms with Gasteiger partial charge >= 0.3 is 6.09 Å². The molecule has 7 rings (SSSR count). The maximum atomic E-state index is 12.7. The van der Waals surface area contributed by atoms with Crippen molar-refractivity contribution in [3.63, 3.8) is 0 Å². The average molecular weight is 692 g/mol. The van der Waals surface area contributed by atoms with Crippen LogP contribution in [0.25, 0.3) is 44.3 Å². The number of aromatic nitrogens is 2. The molecule has 10 nitrogen and oxygen atoms in total. The summed E-state index contributed by atoms with van der Waals surface area (Å²) in [6.45, 7) is 13.8. The highest BCUT2D eigenvalue weighted by molar-refractivity contribution is 7.15. The number of fused-ring (bicyclic) bond motifs is 2. The van der Waals surface area contributed by atoms with Gasteiger partial charge in [0.25, 0.3) is 6.47 Å². The van der Waals surface area contributed by atoms with E-state index in [-0.39, 0.29) is 12.6 Å². The van der Waals surface area contributed by atoms with Gasteiger partial charge in [-0.2, -0.15) is 5.26 Å². The zero-order valence-electron chi connectivity index (χ0n) is 29.1. The quantitative estimate of drug-likeness (QED) is 0.181. The molecule has 50 heavy (non-hydrogen) atoms. The molecule has 0 bridgehead atoms. The zero-order valence-corrected chi connectivity index (χ0v) is 29.9. The van der Waals surface area contributed by atoms with E-state index >= 15 is 0 Å². The Kier molecular flexibility index (Phi) is 10.0. The summed E-state index contributed by atoms with van der Waals surface area (Å²) in [7, 11) is 0. The molecule has 11 heteroatoms. The largest absolute Gasteiger partial charge is 0.483 e. The first-order valence-corrected chi connectivity index (χ1v) is 17.6. The summed E-state index contributed by atoms with van der Waals surface area (Å²) in [5.74, 6) is 0.519. The van der Waals surface area contributed by atoms with Gasteiger partial charge in [0.1, 0.15) is 22.2 Å². The van der Waals surface area contributed by atoms with Crippen LogP contribution in [0.15, 0.2) is 52.9 Å². The van der Waals surface area contributed by atoms with E-state index in [1.165, 1.54) is 12.8 Å². The number of thiazole rings is 1. The first-order chi connectivity index (χ1) is 24.0. The highest BCUT2D eigenvalue weighted by atomic mass is 32.1. The topological polar surface area (TPSA) is 133 Å². The molecule has 0 saturated carbocycles. The second kappa shape index (κ2) is 14.4. The number of carbonyl (C=O) groups excluding carboxylic acids is 1. The van der Waals surface area contributed by atoms with Gasteiger partial charge in [-0.25, -0.2) is 14.8 Å². The van der Waals surface area contributed by atoms with E-state index in [1.807, 2.05) is 39.0 Å². The summed E-state index contributed by atoms with van der Waals surface area (Å²) < 4.78 is 11.9. The number of rotatable bonds is 5. The maximum absolute atomic E-state index is 12.7. The SMILES string of the molecule is Cc1c(-c2nc3cc(CN4CCCC4)cc(C#N)c3o2)cccc1-c1cccc(-c2nc3c(s2)CN(C(=O)OC(C)(C)C)CC3)c1C.O=CO. The Morgan fingerprint density at radius 2 is 1.66 bits per heavy atom. The van der Waals surface area contributed by atoms with E-state index in [2.05, 4.69) is 55.1 Å². The van der Waals surface area contributed by atoms with E-state index in [4.69, 9.17) is 29.0 Å². The fourth-order valence-corrected chi connectivity index (χ4v) is 7.90. The van der Waals surface area contributed by atoms with Crippen molar-refractivity contribution in [2.75, 3.05) is 19.6 Å². The number of nitrogens with zero attached hydrogens (tertiary/aromatic N) is 5. The van der Waals surface area contributed by atoms with Gasteiger partial charge in [-0.1, -0.05) is 30.3 Å². The standard InChI is InChI=1S/C38H39N5O3S.CH2O2/c1-23-27(10-8-12-29(23)35-40-32-19-25(21-42-15-6-7-16-42)18-26(20-39)34(32)45-35)28-11-9-13-30(24(28)2)36-41-31-14-17-43(22-33(31)47-36)37(44)46-38(3,4)5;2-1-3/h8-13,18-19H,6-7,14-17,21-22H2,1-5H3;1H,(H,2,3). The first kappa shape index (κ1) is 34.8. The Labute approximate surface area is 295 Å². The van der Waals surface area contributed by atoms with Crippen LogP contribution < -0.4 is 0 Å². The van der Waals surface area contributed by atoms with Crippen LogP contribution in [0.5, 0.6) is 0 Å². The molecule has 0 atom stereocenters. The van der Waals surface area contributed by atoms with Gasteiger partial charge in [0.05, 0.1) is 17.8 Å². The summed E-state index contributed by atoms with van der Waals surface area (Å²) in [5.41, 5.74) is 9.79. The number of amides is 1. The molecule has 0 spiro atoms. The van der Waals surface area contributed by atoms with Gasteiger partial charge < -0.3 is 19.2 Å². The Morgan fingerprint density at radius 1 is 1.02 bits per heavy atom. The summed E-state index contributed by atoms with van der Waals surface area (Å²) >= 11 is 1.65. The molecule has 2 aromatic heterocycles. The van der Waals surface area contributed by atoms with Gasteiger partial charge in [0.2, 0.25) is 5.89 Å². The van der Waals surface area contributed by atoms with Crippen molar-refractivity contribution in [2.45, 2.75) is 72.6 Å². The van der Waals surface area contributed by atoms with Crippen molar-refractivity contribution in [2.24, 2.45) is 0 Å². The molecular weight excluding hydrogens is 651 g/mol. The third kappa shape index (κ3) is 7.27. The van der Waals surface area contributed by atoms with Crippen molar-refractivity contribution < 1.29 is 23.8 Å². The number of carbonyl (C=O) groups is 2. The van der Waals surface area contributed by atoms with E-state index in [0.29, 0.717) is 42.1 Å². The molecule has 1 saturated heterocycles. The van der Waals surface area contributed by atoms with Gasteiger partial charge in [-0.05, 0) is 107 Å². The molecule has 1 fully saturated rings. The molecule has 2 aliphatic heterocycles. The third-order valence-electron chi connectivity index (χ3n) is 9.08. The van der Waals surface area contributed by atoms with Crippen LogP contribution in [0.4, 0.5) is 4.79 Å². The fourth-order valence-electron chi connectivity index (χ4n) is 6.69. The highest BCUT2D eigenvalue weighted by Gasteiger charge is 2.28. The Morgan fingerprint density at radius 3 is 2.32 bits per heavy atom. The number of likely N-dealkylation sites (tertiary alicyclic amines) is 1. The average Bonchev–Trinajstić information content (AvgIpc) is 3.84. The lowest BCUT2D eigenvalue weighted by Crippen LogP contribution is -2.39. The number of nitriles is 1. The van der Waals surface area contributed by atoms with Gasteiger partial charge in [-0.3, -0.25) is 9.69 Å². The van der Waals surface area contributed by atoms with Crippen LogP contribution >= 0.6 is 11.3 Å². The number of hydrogen-bond acceptors (Lipinski definition) is 9. The second-order valence-electron chi connectivity index (χ2n) is 13.7. The minimum Gasteiger partial charge on any atom is -0.483 e. The monoisotopic (exact) mass is 691 g/mol. The van der Waals surface area contributed by atoms with Gasteiger partial charge in [0.15, 0.2) is 5.58 Å². The molecule has 1 amide bonds. The lowest BCUT2D eigenvalue weighted by Gasteiger charge is -2.29. The normalized spacial score (nSPS) is 14.5. The Hall–Kier alpha value is -5.05. The molecule has 0 unspecified atom stereocenters. The van der Waals surface area contributed by atoms with E-state index in [1.54, 1.807) is 16.2 Å². The molecule has 5 aromatic rings. The Bertz CT molecular complexity index is 2100. The minimum absolute atomic E-state index is 0.250. The highest BCUT2D eigenvalue weighted by Crippen LogP contribution is 2.40. The molecule has 3 aromatic carbocycles. The smallest absolute Gasteiger partial charge is 0.410 e. The first-order valence-electron chi connectivity index (χ1n) is 16.8. The fraction of sp³-hybridized carbons (Fsp3) is 0.359. The number of ether oxygens (including phenoxy) is 1. The summed E-state index contributed by atoms with van der Waals surface area (Å²) in [6, 6.07) is 18.9. The van der Waals surface area contributed by atoms with Gasteiger partial charge in [0, 0.05) is 35.5 Å². The molecule has 2 aliphatic rings. The predicted molar refractivity (Wildman–Crippen MR) is 194 cm³/mol. The minimum atomic E-state index is -0.528. The number of carboxylic acid groups (broad SMARTS) is 1. The van der Waals surface area contributed by atoms with Crippen LogP contribution in [0.3, 0.4) is 0 Å². The predicted octanol–water partition coefficient (Wildman–Crippen LogP) is 8.36. The number of benzene rings is 3. The van der Waals surface area contributed by atoms with E-state index in [0.717, 1.165) is 74.2 Å².